The topological polar surface area (TPSA) is 104 Å². The van der Waals surface area contributed by atoms with Crippen LogP contribution in [-0.2, 0) is 9.53 Å². The predicted octanol–water partition coefficient (Wildman–Crippen LogP) is 3.81. The molecule has 1 amide bonds. The average Bonchev–Trinajstić information content (AvgIpc) is 2.78. The van der Waals surface area contributed by atoms with Crippen LogP contribution in [0.1, 0.15) is 27.9 Å². The lowest BCUT2D eigenvalue weighted by Gasteiger charge is -2.10. The van der Waals surface area contributed by atoms with Crippen molar-refractivity contribution in [1.82, 2.24) is 5.32 Å². The Hall–Kier alpha value is -3.36. The number of carbonyl (C=O) groups is 2. The fourth-order valence-corrected chi connectivity index (χ4v) is 3.23. The van der Waals surface area contributed by atoms with Crippen LogP contribution >= 0.6 is 11.6 Å². The summed E-state index contributed by atoms with van der Waals surface area (Å²) in [6.45, 7) is 4.25. The van der Waals surface area contributed by atoms with E-state index in [1.165, 1.54) is 18.2 Å². The van der Waals surface area contributed by atoms with E-state index in [1.54, 1.807) is 25.3 Å². The van der Waals surface area contributed by atoms with Gasteiger partial charge in [-0.05, 0) is 61.7 Å². The molecule has 0 aliphatic carbocycles. The Morgan fingerprint density at radius 3 is 2.48 bits per heavy atom. The standard InChI is InChI=1S/C24H24ClNO7/c1-14-9-18(10-15(2)22(14)25)31-13-21(27)32-17-6-5-16-11-19(24(29)33-20(16)12-17)23(28)26-7-4-8-30-3/h5-6,9-12H,4,7-8,13H2,1-3H3,(H,26,28). The van der Waals surface area contributed by atoms with E-state index < -0.39 is 17.5 Å². The van der Waals surface area contributed by atoms with E-state index in [2.05, 4.69) is 5.32 Å². The molecule has 0 unspecified atom stereocenters. The first-order chi connectivity index (χ1) is 15.8. The highest BCUT2D eigenvalue weighted by atomic mass is 35.5. The minimum atomic E-state index is -0.785. The summed E-state index contributed by atoms with van der Waals surface area (Å²) >= 11 is 6.13. The number of esters is 1. The van der Waals surface area contributed by atoms with Gasteiger partial charge in [-0.15, -0.1) is 0 Å². The molecule has 0 saturated carbocycles. The van der Waals surface area contributed by atoms with Crippen LogP contribution in [0.5, 0.6) is 11.5 Å². The number of benzene rings is 2. The quantitative estimate of drug-likeness (QED) is 0.218. The number of halogens is 1. The van der Waals surface area contributed by atoms with Crippen molar-refractivity contribution in [2.75, 3.05) is 26.9 Å². The van der Waals surface area contributed by atoms with Gasteiger partial charge in [0, 0.05) is 36.7 Å². The van der Waals surface area contributed by atoms with Crippen LogP contribution in [0.3, 0.4) is 0 Å². The lowest BCUT2D eigenvalue weighted by Crippen LogP contribution is -2.29. The number of fused-ring (bicyclic) bond motifs is 1. The largest absolute Gasteiger partial charge is 0.482 e. The van der Waals surface area contributed by atoms with Gasteiger partial charge in [-0.3, -0.25) is 4.79 Å². The lowest BCUT2D eigenvalue weighted by molar-refractivity contribution is -0.136. The Labute approximate surface area is 195 Å². The molecular formula is C24H24ClNO7. The number of rotatable bonds is 9. The highest BCUT2D eigenvalue weighted by Crippen LogP contribution is 2.26. The van der Waals surface area contributed by atoms with Gasteiger partial charge in [-0.25, -0.2) is 9.59 Å². The monoisotopic (exact) mass is 473 g/mol. The number of ether oxygens (including phenoxy) is 3. The van der Waals surface area contributed by atoms with Crippen LogP contribution in [0, 0.1) is 13.8 Å². The van der Waals surface area contributed by atoms with Crippen LogP contribution in [0.2, 0.25) is 5.02 Å². The summed E-state index contributed by atoms with van der Waals surface area (Å²) < 4.78 is 20.9. The van der Waals surface area contributed by atoms with Crippen molar-refractivity contribution in [2.45, 2.75) is 20.3 Å². The first-order valence-electron chi connectivity index (χ1n) is 10.2. The molecule has 33 heavy (non-hydrogen) atoms. The Bertz CT molecular complexity index is 1210. The van der Waals surface area contributed by atoms with Crippen molar-refractivity contribution in [1.29, 1.82) is 0 Å². The molecular weight excluding hydrogens is 450 g/mol. The average molecular weight is 474 g/mol. The third-order valence-electron chi connectivity index (χ3n) is 4.76. The van der Waals surface area contributed by atoms with E-state index in [0.29, 0.717) is 35.7 Å². The van der Waals surface area contributed by atoms with Crippen LogP contribution in [0.25, 0.3) is 11.0 Å². The molecule has 0 atom stereocenters. The van der Waals surface area contributed by atoms with Gasteiger partial charge in [-0.1, -0.05) is 11.6 Å². The molecule has 1 N–H and O–H groups in total. The van der Waals surface area contributed by atoms with E-state index in [9.17, 15) is 14.4 Å². The van der Waals surface area contributed by atoms with Crippen molar-refractivity contribution in [2.24, 2.45) is 0 Å². The van der Waals surface area contributed by atoms with Gasteiger partial charge in [0.05, 0.1) is 0 Å². The molecule has 0 saturated heterocycles. The third kappa shape index (κ3) is 6.34. The van der Waals surface area contributed by atoms with E-state index in [0.717, 1.165) is 11.1 Å². The molecule has 0 aliphatic rings. The number of amides is 1. The van der Waals surface area contributed by atoms with E-state index in [1.807, 2.05) is 13.8 Å². The summed E-state index contributed by atoms with van der Waals surface area (Å²) in [6.07, 6.45) is 0.622. The van der Waals surface area contributed by atoms with Crippen LogP contribution in [-0.4, -0.2) is 38.7 Å². The number of nitrogens with one attached hydrogen (secondary N) is 1. The SMILES string of the molecule is COCCCNC(=O)c1cc2ccc(OC(=O)COc3cc(C)c(Cl)c(C)c3)cc2oc1=O. The first-order valence-corrected chi connectivity index (χ1v) is 10.6. The van der Waals surface area contributed by atoms with Crippen LogP contribution in [0.4, 0.5) is 0 Å². The maximum absolute atomic E-state index is 12.2. The number of methoxy groups -OCH3 is 1. The number of hydrogen-bond donors (Lipinski definition) is 1. The van der Waals surface area contributed by atoms with Gasteiger partial charge in [0.2, 0.25) is 0 Å². The number of aryl methyl sites for hydroxylation is 2. The zero-order valence-corrected chi connectivity index (χ0v) is 19.3. The van der Waals surface area contributed by atoms with Crippen LogP contribution < -0.4 is 20.4 Å². The maximum Gasteiger partial charge on any atom is 0.349 e. The molecule has 9 heteroatoms. The fourth-order valence-electron chi connectivity index (χ4n) is 3.12. The predicted molar refractivity (Wildman–Crippen MR) is 123 cm³/mol. The number of carbonyl (C=O) groups excluding carboxylic acids is 2. The van der Waals surface area contributed by atoms with Crippen molar-refractivity contribution in [3.05, 3.63) is 68.5 Å². The molecule has 174 valence electrons. The van der Waals surface area contributed by atoms with Gasteiger partial charge < -0.3 is 23.9 Å². The van der Waals surface area contributed by atoms with Gasteiger partial charge in [0.15, 0.2) is 6.61 Å². The maximum atomic E-state index is 12.2. The van der Waals surface area contributed by atoms with Gasteiger partial charge >= 0.3 is 11.6 Å². The Kier molecular flexibility index (Phi) is 8.08. The first kappa shape index (κ1) is 24.3. The van der Waals surface area contributed by atoms with Crippen LogP contribution in [0.15, 0.2) is 45.6 Å². The van der Waals surface area contributed by atoms with Crippen molar-refractivity contribution in [3.63, 3.8) is 0 Å². The second-order valence-corrected chi connectivity index (χ2v) is 7.76. The summed E-state index contributed by atoms with van der Waals surface area (Å²) in [4.78, 5) is 36.7. The number of hydrogen-bond acceptors (Lipinski definition) is 7. The molecule has 0 bridgehead atoms. The molecule has 3 aromatic rings. The molecule has 0 radical (unpaired) electrons. The van der Waals surface area contributed by atoms with Crippen molar-refractivity contribution < 1.29 is 28.2 Å². The van der Waals surface area contributed by atoms with Gasteiger partial charge in [0.1, 0.15) is 22.6 Å². The lowest BCUT2D eigenvalue weighted by atomic mass is 10.1. The summed E-state index contributed by atoms with van der Waals surface area (Å²) in [5.74, 6) is -0.473. The minimum absolute atomic E-state index is 0.105. The zero-order chi connectivity index (χ0) is 24.0. The second kappa shape index (κ2) is 11.0. The van der Waals surface area contributed by atoms with Crippen molar-refractivity contribution in [3.8, 4) is 11.5 Å². The van der Waals surface area contributed by atoms with Gasteiger partial charge in [0.25, 0.3) is 5.91 Å². The minimum Gasteiger partial charge on any atom is -0.482 e. The Morgan fingerprint density at radius 1 is 1.06 bits per heavy atom. The highest BCUT2D eigenvalue weighted by Gasteiger charge is 2.15. The summed E-state index contributed by atoms with van der Waals surface area (Å²) in [6, 6.07) is 9.45. The Balaban J connectivity index is 1.65. The van der Waals surface area contributed by atoms with E-state index in [4.69, 9.17) is 30.2 Å². The molecule has 1 heterocycles. The molecule has 0 spiro atoms. The van der Waals surface area contributed by atoms with Gasteiger partial charge in [-0.2, -0.15) is 0 Å². The molecule has 8 nitrogen and oxygen atoms in total. The highest BCUT2D eigenvalue weighted by molar-refractivity contribution is 6.32. The van der Waals surface area contributed by atoms with E-state index >= 15 is 0 Å². The fraction of sp³-hybridized carbons (Fsp3) is 0.292. The Morgan fingerprint density at radius 2 is 1.79 bits per heavy atom. The normalized spacial score (nSPS) is 10.8. The summed E-state index contributed by atoms with van der Waals surface area (Å²) in [5.41, 5.74) is 0.977. The van der Waals surface area contributed by atoms with Crippen molar-refractivity contribution >= 4 is 34.4 Å². The molecule has 1 aromatic heterocycles. The second-order valence-electron chi connectivity index (χ2n) is 7.38. The van der Waals surface area contributed by atoms with E-state index in [-0.39, 0.29) is 23.5 Å². The molecule has 0 aliphatic heterocycles. The molecule has 3 rings (SSSR count). The summed E-state index contributed by atoms with van der Waals surface area (Å²) in [7, 11) is 1.57. The molecule has 0 fully saturated rings. The third-order valence-corrected chi connectivity index (χ3v) is 5.36. The zero-order valence-electron chi connectivity index (χ0n) is 18.5. The summed E-state index contributed by atoms with van der Waals surface area (Å²) in [5, 5.41) is 3.81. The smallest absolute Gasteiger partial charge is 0.349 e. The molecule has 2 aromatic carbocycles.